The monoisotopic (exact) mass is 248 g/mol. The van der Waals surface area contributed by atoms with E-state index in [1.165, 1.54) is 24.4 Å². The van der Waals surface area contributed by atoms with Crippen molar-refractivity contribution in [1.29, 1.82) is 0 Å². The molecule has 3 heteroatoms. The molecule has 1 saturated heterocycles. The molecule has 0 aromatic heterocycles. The Labute approximate surface area is 105 Å². The molecule has 17 heavy (non-hydrogen) atoms. The van der Waals surface area contributed by atoms with E-state index in [2.05, 4.69) is 12.6 Å². The molecule has 1 heterocycles. The van der Waals surface area contributed by atoms with Gasteiger partial charge < -0.3 is 9.16 Å². The van der Waals surface area contributed by atoms with Gasteiger partial charge in [0.25, 0.3) is 0 Å². The summed E-state index contributed by atoms with van der Waals surface area (Å²) in [5.41, 5.74) is 1.22. The molecule has 1 aromatic rings. The zero-order valence-electron chi connectivity index (χ0n) is 10.2. The zero-order chi connectivity index (χ0) is 11.9. The van der Waals surface area contributed by atoms with Crippen molar-refractivity contribution in [2.24, 2.45) is 0 Å². The molecule has 1 atom stereocenters. The Morgan fingerprint density at radius 2 is 2.24 bits per heavy atom. The number of rotatable bonds is 5. The molecular weight excluding hydrogens is 228 g/mol. The number of hydrogen-bond donors (Lipinski definition) is 0. The minimum atomic E-state index is -1.08. The summed E-state index contributed by atoms with van der Waals surface area (Å²) in [4.78, 5) is 0. The highest BCUT2D eigenvalue weighted by Crippen LogP contribution is 2.20. The molecule has 0 aliphatic carbocycles. The second-order valence-electron chi connectivity index (χ2n) is 4.40. The molecule has 0 radical (unpaired) electrons. The maximum absolute atomic E-state index is 5.92. The summed E-state index contributed by atoms with van der Waals surface area (Å²) in [6, 6.07) is 9.45. The van der Waals surface area contributed by atoms with Gasteiger partial charge in [-0.3, -0.25) is 0 Å². The lowest BCUT2D eigenvalue weighted by Gasteiger charge is -2.21. The minimum absolute atomic E-state index is 0.800. The fraction of sp³-hybridized carbons (Fsp3) is 0.429. The summed E-state index contributed by atoms with van der Waals surface area (Å²) >= 11 is 0. The van der Waals surface area contributed by atoms with Gasteiger partial charge in [-0.1, -0.05) is 30.7 Å². The summed E-state index contributed by atoms with van der Waals surface area (Å²) in [5, 5.41) is 0. The molecule has 2 nitrogen and oxygen atoms in total. The van der Waals surface area contributed by atoms with E-state index in [1.54, 1.807) is 0 Å². The van der Waals surface area contributed by atoms with Gasteiger partial charge >= 0.3 is 0 Å². The lowest BCUT2D eigenvalue weighted by molar-refractivity contribution is 0.258. The molecule has 92 valence electrons. The summed E-state index contributed by atoms with van der Waals surface area (Å²) in [6.45, 7) is 4.71. The first-order chi connectivity index (χ1) is 8.40. The highest BCUT2D eigenvalue weighted by molar-refractivity contribution is 6.51. The Bertz CT molecular complexity index is 359. The van der Waals surface area contributed by atoms with Crippen molar-refractivity contribution < 1.29 is 9.16 Å². The van der Waals surface area contributed by atoms with Gasteiger partial charge in [-0.2, -0.15) is 0 Å². The van der Waals surface area contributed by atoms with Crippen LogP contribution in [0.4, 0.5) is 0 Å². The Morgan fingerprint density at radius 1 is 1.35 bits per heavy atom. The van der Waals surface area contributed by atoms with Crippen LogP contribution in [-0.4, -0.2) is 21.9 Å². The zero-order valence-corrected chi connectivity index (χ0v) is 11.4. The van der Waals surface area contributed by atoms with E-state index in [9.17, 15) is 0 Å². The molecule has 1 aliphatic heterocycles. The Balaban J connectivity index is 1.90. The van der Waals surface area contributed by atoms with Crippen LogP contribution < -0.4 is 4.74 Å². The lowest BCUT2D eigenvalue weighted by atomic mass is 10.1. The van der Waals surface area contributed by atoms with Crippen LogP contribution in [0.5, 0.6) is 5.75 Å². The van der Waals surface area contributed by atoms with Crippen LogP contribution in [0, 0.1) is 0 Å². The van der Waals surface area contributed by atoms with Crippen LogP contribution in [0.1, 0.15) is 18.4 Å². The maximum Gasteiger partial charge on any atom is 0.215 e. The van der Waals surface area contributed by atoms with Crippen LogP contribution in [-0.2, 0) is 10.8 Å². The molecule has 1 fully saturated rings. The van der Waals surface area contributed by atoms with E-state index in [4.69, 9.17) is 9.16 Å². The fourth-order valence-electron chi connectivity index (χ4n) is 2.09. The molecule has 0 bridgehead atoms. The van der Waals surface area contributed by atoms with Crippen molar-refractivity contribution in [1.82, 2.24) is 0 Å². The third-order valence-electron chi connectivity index (χ3n) is 3.04. The molecule has 0 amide bonds. The van der Waals surface area contributed by atoms with Gasteiger partial charge in [-0.15, -0.1) is 6.58 Å². The van der Waals surface area contributed by atoms with Crippen molar-refractivity contribution in [3.05, 3.63) is 42.5 Å². The second-order valence-corrected chi connectivity index (χ2v) is 6.89. The van der Waals surface area contributed by atoms with Gasteiger partial charge in [0.2, 0.25) is 9.04 Å². The van der Waals surface area contributed by atoms with Gasteiger partial charge in [0, 0.05) is 6.61 Å². The standard InChI is InChI=1S/C14H20O2Si/c1-2-7-13-8-3-4-9-14(13)15-12-17-11-6-5-10-16-17/h2-4,8-9,17H,1,5-7,10-12H2. The number of ether oxygens (including phenoxy) is 1. The topological polar surface area (TPSA) is 18.5 Å². The Morgan fingerprint density at radius 3 is 3.00 bits per heavy atom. The molecule has 2 rings (SSSR count). The normalized spacial score (nSPS) is 19.9. The van der Waals surface area contributed by atoms with Crippen LogP contribution in [0.15, 0.2) is 36.9 Å². The first kappa shape index (κ1) is 12.4. The van der Waals surface area contributed by atoms with E-state index in [1.807, 2.05) is 24.3 Å². The van der Waals surface area contributed by atoms with Crippen LogP contribution in [0.3, 0.4) is 0 Å². The smallest absolute Gasteiger partial charge is 0.215 e. The molecule has 0 N–H and O–H groups in total. The molecule has 1 aromatic carbocycles. The average molecular weight is 248 g/mol. The van der Waals surface area contributed by atoms with Crippen LogP contribution in [0.2, 0.25) is 6.04 Å². The average Bonchev–Trinajstić information content (AvgIpc) is 2.39. The van der Waals surface area contributed by atoms with E-state index >= 15 is 0 Å². The molecule has 1 aliphatic rings. The van der Waals surface area contributed by atoms with Crippen LogP contribution in [0.25, 0.3) is 0 Å². The van der Waals surface area contributed by atoms with Gasteiger partial charge in [0.15, 0.2) is 0 Å². The third kappa shape index (κ3) is 3.72. The quantitative estimate of drug-likeness (QED) is 0.589. The Hall–Kier alpha value is -1.06. The third-order valence-corrected chi connectivity index (χ3v) is 5.33. The van der Waals surface area contributed by atoms with E-state index in [0.29, 0.717) is 0 Å². The summed E-state index contributed by atoms with van der Waals surface area (Å²) in [5.74, 6) is 0.995. The number of allylic oxidation sites excluding steroid dienone is 1. The molecule has 0 saturated carbocycles. The van der Waals surface area contributed by atoms with Gasteiger partial charge in [0.05, 0.1) is 0 Å². The summed E-state index contributed by atoms with van der Waals surface area (Å²) < 4.78 is 11.7. The minimum Gasteiger partial charge on any atom is -0.494 e. The van der Waals surface area contributed by atoms with Crippen molar-refractivity contribution in [2.45, 2.75) is 25.3 Å². The van der Waals surface area contributed by atoms with Crippen LogP contribution >= 0.6 is 0 Å². The number of benzene rings is 1. The van der Waals surface area contributed by atoms with Gasteiger partial charge in [-0.25, -0.2) is 0 Å². The summed E-state index contributed by atoms with van der Waals surface area (Å²) in [7, 11) is -1.08. The van der Waals surface area contributed by atoms with Crippen molar-refractivity contribution >= 4 is 9.04 Å². The molecule has 1 unspecified atom stereocenters. The van der Waals surface area contributed by atoms with Crippen molar-refractivity contribution in [2.75, 3.05) is 12.8 Å². The molecular formula is C14H20O2Si. The number of para-hydroxylation sites is 1. The highest BCUT2D eigenvalue weighted by atomic mass is 28.3. The second kappa shape index (κ2) is 6.62. The van der Waals surface area contributed by atoms with Crippen molar-refractivity contribution in [3.8, 4) is 5.75 Å². The van der Waals surface area contributed by atoms with Gasteiger partial charge in [0.1, 0.15) is 12.0 Å². The fourth-order valence-corrected chi connectivity index (χ4v) is 4.13. The van der Waals surface area contributed by atoms with Crippen molar-refractivity contribution in [3.63, 3.8) is 0 Å². The number of hydrogen-bond acceptors (Lipinski definition) is 2. The maximum atomic E-state index is 5.92. The molecule has 0 spiro atoms. The highest BCUT2D eigenvalue weighted by Gasteiger charge is 2.17. The largest absolute Gasteiger partial charge is 0.494 e. The van der Waals surface area contributed by atoms with E-state index in [-0.39, 0.29) is 0 Å². The van der Waals surface area contributed by atoms with E-state index in [0.717, 1.165) is 25.0 Å². The first-order valence-corrected chi connectivity index (χ1v) is 8.44. The lowest BCUT2D eigenvalue weighted by Crippen LogP contribution is -2.30. The first-order valence-electron chi connectivity index (χ1n) is 6.33. The van der Waals surface area contributed by atoms with E-state index < -0.39 is 9.04 Å². The predicted molar refractivity (Wildman–Crippen MR) is 73.0 cm³/mol. The Kier molecular flexibility index (Phi) is 4.83. The predicted octanol–water partition coefficient (Wildman–Crippen LogP) is 2.87. The SMILES string of the molecule is C=CCc1ccccc1OC[SiH]1CCCCO1. The van der Waals surface area contributed by atoms with Gasteiger partial charge in [-0.05, 0) is 30.5 Å². The summed E-state index contributed by atoms with van der Waals surface area (Å²) in [6.07, 6.45) is 6.11.